The molecule has 1 saturated heterocycles. The van der Waals surface area contributed by atoms with Gasteiger partial charge in [0, 0.05) is 6.08 Å². The lowest BCUT2D eigenvalue weighted by molar-refractivity contribution is -0.287. The van der Waals surface area contributed by atoms with E-state index < -0.39 is 101 Å². The highest BCUT2D eigenvalue weighted by molar-refractivity contribution is 5.92. The predicted molar refractivity (Wildman–Crippen MR) is 145 cm³/mol. The smallest absolute Gasteiger partial charge is 0.340 e. The fraction of sp³-hybridized carbons (Fsp3) is 0.207. The molecule has 0 aromatic heterocycles. The third kappa shape index (κ3) is 6.92. The predicted octanol–water partition coefficient (Wildman–Crippen LogP) is 1.01. The van der Waals surface area contributed by atoms with E-state index in [2.05, 4.69) is 0 Å². The van der Waals surface area contributed by atoms with E-state index in [1.165, 1.54) is 6.08 Å². The molecule has 0 bridgehead atoms. The molecule has 0 amide bonds. The highest BCUT2D eigenvalue weighted by Gasteiger charge is 2.51. The van der Waals surface area contributed by atoms with Crippen LogP contribution in [0, 0.1) is 0 Å². The van der Waals surface area contributed by atoms with E-state index in [1.54, 1.807) is 30.3 Å². The molecule has 0 aliphatic carbocycles. The molecule has 0 radical (unpaired) electrons. The van der Waals surface area contributed by atoms with Gasteiger partial charge in [0.2, 0.25) is 12.4 Å². The van der Waals surface area contributed by atoms with Crippen molar-refractivity contribution in [2.45, 2.75) is 30.7 Å². The van der Waals surface area contributed by atoms with Crippen LogP contribution in [0.5, 0.6) is 34.5 Å². The van der Waals surface area contributed by atoms with Gasteiger partial charge in [0.1, 0.15) is 12.2 Å². The van der Waals surface area contributed by atoms with E-state index in [0.29, 0.717) is 5.56 Å². The Bertz CT molecular complexity index is 1520. The average Bonchev–Trinajstić information content (AvgIpc) is 3.00. The molecular formula is C29H26O15. The minimum atomic E-state index is -1.99. The van der Waals surface area contributed by atoms with Gasteiger partial charge in [-0.1, -0.05) is 30.3 Å². The van der Waals surface area contributed by atoms with E-state index in [-0.39, 0.29) is 0 Å². The van der Waals surface area contributed by atoms with Gasteiger partial charge in [-0.2, -0.15) is 0 Å². The number of hydrogen-bond donors (Lipinski definition) is 8. The summed E-state index contributed by atoms with van der Waals surface area (Å²) in [5, 5.41) is 79.0. The summed E-state index contributed by atoms with van der Waals surface area (Å²) >= 11 is 0. The van der Waals surface area contributed by atoms with Crippen LogP contribution in [0.25, 0.3) is 6.08 Å². The van der Waals surface area contributed by atoms with Crippen molar-refractivity contribution in [3.63, 3.8) is 0 Å². The molecule has 44 heavy (non-hydrogen) atoms. The summed E-state index contributed by atoms with van der Waals surface area (Å²) < 4.78 is 21.4. The Labute approximate surface area is 247 Å². The van der Waals surface area contributed by atoms with E-state index in [4.69, 9.17) is 18.9 Å². The van der Waals surface area contributed by atoms with Gasteiger partial charge in [-0.3, -0.25) is 0 Å². The first-order valence-corrected chi connectivity index (χ1v) is 12.7. The molecule has 15 nitrogen and oxygen atoms in total. The largest absolute Gasteiger partial charge is 0.504 e. The van der Waals surface area contributed by atoms with Gasteiger partial charge in [0.15, 0.2) is 40.6 Å². The fourth-order valence-electron chi connectivity index (χ4n) is 4.11. The zero-order chi connectivity index (χ0) is 32.1. The number of esters is 3. The van der Waals surface area contributed by atoms with Crippen LogP contribution in [0.15, 0.2) is 60.7 Å². The highest BCUT2D eigenvalue weighted by atomic mass is 16.7. The second-order valence-corrected chi connectivity index (χ2v) is 9.36. The molecule has 3 aromatic carbocycles. The number of phenols is 6. The molecule has 0 unspecified atom stereocenters. The van der Waals surface area contributed by atoms with Gasteiger partial charge >= 0.3 is 17.9 Å². The number of aliphatic hydroxyl groups excluding tert-OH is 2. The summed E-state index contributed by atoms with van der Waals surface area (Å²) in [6.07, 6.45) is -6.99. The number of hydrogen-bond acceptors (Lipinski definition) is 15. The lowest BCUT2D eigenvalue weighted by atomic mass is 9.98. The van der Waals surface area contributed by atoms with Crippen LogP contribution in [-0.2, 0) is 23.7 Å². The minimum Gasteiger partial charge on any atom is -0.504 e. The fourth-order valence-corrected chi connectivity index (χ4v) is 4.11. The van der Waals surface area contributed by atoms with Crippen LogP contribution in [0.4, 0.5) is 0 Å². The van der Waals surface area contributed by atoms with E-state index >= 15 is 0 Å². The van der Waals surface area contributed by atoms with Crippen LogP contribution < -0.4 is 0 Å². The molecule has 15 heteroatoms. The first-order valence-electron chi connectivity index (χ1n) is 12.7. The van der Waals surface area contributed by atoms with Crippen molar-refractivity contribution in [1.82, 2.24) is 0 Å². The van der Waals surface area contributed by atoms with Crippen LogP contribution >= 0.6 is 0 Å². The number of ether oxygens (including phenoxy) is 4. The van der Waals surface area contributed by atoms with Crippen molar-refractivity contribution in [3.8, 4) is 34.5 Å². The van der Waals surface area contributed by atoms with Crippen LogP contribution in [0.2, 0.25) is 0 Å². The number of aromatic hydroxyl groups is 6. The Morgan fingerprint density at radius 2 is 1.23 bits per heavy atom. The Kier molecular flexibility index (Phi) is 9.43. The maximum atomic E-state index is 13.0. The molecule has 232 valence electrons. The molecule has 5 atom stereocenters. The first-order chi connectivity index (χ1) is 20.9. The molecule has 1 fully saturated rings. The number of rotatable bonds is 8. The van der Waals surface area contributed by atoms with Crippen molar-refractivity contribution in [2.24, 2.45) is 0 Å². The molecule has 1 aliphatic heterocycles. The molecule has 3 aromatic rings. The second kappa shape index (κ2) is 13.2. The van der Waals surface area contributed by atoms with Gasteiger partial charge in [-0.05, 0) is 35.9 Å². The van der Waals surface area contributed by atoms with Crippen LogP contribution in [0.1, 0.15) is 26.3 Å². The van der Waals surface area contributed by atoms with Crippen molar-refractivity contribution in [2.75, 3.05) is 6.61 Å². The Balaban J connectivity index is 1.68. The zero-order valence-electron chi connectivity index (χ0n) is 22.4. The number of carbonyl (C=O) groups excluding carboxylic acids is 3. The highest BCUT2D eigenvalue weighted by Crippen LogP contribution is 2.37. The van der Waals surface area contributed by atoms with Crippen molar-refractivity contribution in [3.05, 3.63) is 77.4 Å². The van der Waals surface area contributed by atoms with Crippen molar-refractivity contribution >= 4 is 24.0 Å². The van der Waals surface area contributed by atoms with Gasteiger partial charge in [-0.25, -0.2) is 14.4 Å². The first kappa shape index (κ1) is 31.4. The molecule has 1 heterocycles. The molecular weight excluding hydrogens is 588 g/mol. The van der Waals surface area contributed by atoms with Gasteiger partial charge in [0.05, 0.1) is 17.7 Å². The SMILES string of the molecule is O=C(/C=C/c1ccccc1)O[C@H]1[C@H](OC(=O)c2cc(O)c(O)c(O)c2)O[C@H](CO)[C@@H](O)[C@@H]1OC(=O)c1cc(O)c(O)c(O)c1. The summed E-state index contributed by atoms with van der Waals surface area (Å²) in [5.74, 6) is -9.11. The van der Waals surface area contributed by atoms with Crippen LogP contribution in [-0.4, -0.2) is 96.1 Å². The Morgan fingerprint density at radius 3 is 1.73 bits per heavy atom. The number of aliphatic hydroxyl groups is 2. The molecule has 0 saturated carbocycles. The third-order valence-corrected chi connectivity index (χ3v) is 6.34. The van der Waals surface area contributed by atoms with Gasteiger partial charge < -0.3 is 59.8 Å². The standard InChI is InChI=1S/C29H26O15/c30-12-20-24(38)25(43-27(39)14-8-16(31)22(36)17(32)9-14)26(42-21(35)7-6-13-4-2-1-3-5-13)29(41-20)44-28(40)15-10-18(33)23(37)19(34)11-15/h1-11,20,24-26,29-34,36-38H,12H2/b7-6+/t20-,24-,25+,26-,29+/m1/s1. The van der Waals surface area contributed by atoms with E-state index in [1.807, 2.05) is 0 Å². The Morgan fingerprint density at radius 1 is 0.727 bits per heavy atom. The molecule has 0 spiro atoms. The van der Waals surface area contributed by atoms with Gasteiger partial charge in [-0.15, -0.1) is 0 Å². The average molecular weight is 615 g/mol. The molecule has 4 rings (SSSR count). The second-order valence-electron chi connectivity index (χ2n) is 9.36. The molecule has 8 N–H and O–H groups in total. The lowest BCUT2D eigenvalue weighted by Gasteiger charge is -2.42. The summed E-state index contributed by atoms with van der Waals surface area (Å²) in [6.45, 7) is -0.917. The van der Waals surface area contributed by atoms with Gasteiger partial charge in [0.25, 0.3) is 0 Å². The van der Waals surface area contributed by atoms with E-state index in [0.717, 1.165) is 30.3 Å². The summed E-state index contributed by atoms with van der Waals surface area (Å²) in [4.78, 5) is 38.8. The quantitative estimate of drug-likeness (QED) is 0.0763. The lowest BCUT2D eigenvalue weighted by Crippen LogP contribution is -2.62. The van der Waals surface area contributed by atoms with Crippen LogP contribution in [0.3, 0.4) is 0 Å². The number of phenolic OH excluding ortho intramolecular Hbond substituents is 6. The topological polar surface area (TPSA) is 250 Å². The summed E-state index contributed by atoms with van der Waals surface area (Å²) in [7, 11) is 0. The third-order valence-electron chi connectivity index (χ3n) is 6.34. The summed E-state index contributed by atoms with van der Waals surface area (Å²) in [5.41, 5.74) is -0.435. The maximum absolute atomic E-state index is 13.0. The molecule has 1 aliphatic rings. The number of carbonyl (C=O) groups is 3. The monoisotopic (exact) mass is 614 g/mol. The maximum Gasteiger partial charge on any atom is 0.340 e. The number of benzene rings is 3. The Hall–Kier alpha value is -5.51. The van der Waals surface area contributed by atoms with E-state index in [9.17, 15) is 55.2 Å². The van der Waals surface area contributed by atoms with Crippen molar-refractivity contribution < 1.29 is 74.2 Å². The zero-order valence-corrected chi connectivity index (χ0v) is 22.4. The normalized spacial score (nSPS) is 21.5. The van der Waals surface area contributed by atoms with Crippen molar-refractivity contribution in [1.29, 1.82) is 0 Å². The minimum absolute atomic E-state index is 0.509. The summed E-state index contributed by atoms with van der Waals surface area (Å²) in [6, 6.07) is 11.4.